The molecule has 0 spiro atoms. The molecule has 0 unspecified atom stereocenters. The van der Waals surface area contributed by atoms with Crippen LogP contribution in [0, 0.1) is 10.1 Å². The summed E-state index contributed by atoms with van der Waals surface area (Å²) in [5.41, 5.74) is -0.0709. The van der Waals surface area contributed by atoms with Gasteiger partial charge in [-0.05, 0) is 31.5 Å². The van der Waals surface area contributed by atoms with Crippen LogP contribution in [0.4, 0.5) is 5.69 Å². The minimum absolute atomic E-state index is 0.0782. The third kappa shape index (κ3) is 2.23. The smallest absolute Gasteiger partial charge is 0.313 e. The van der Waals surface area contributed by atoms with Crippen molar-refractivity contribution in [1.82, 2.24) is 0 Å². The molecule has 1 heterocycles. The highest BCUT2D eigenvalue weighted by molar-refractivity contribution is 5.99. The van der Waals surface area contributed by atoms with Gasteiger partial charge in [-0.25, -0.2) is 0 Å². The molecule has 24 heavy (non-hydrogen) atoms. The highest BCUT2D eigenvalue weighted by atomic mass is 16.6. The summed E-state index contributed by atoms with van der Waals surface area (Å²) in [7, 11) is 0. The van der Waals surface area contributed by atoms with Crippen LogP contribution in [0.15, 0.2) is 53.1 Å². The lowest BCUT2D eigenvalue weighted by atomic mass is 9.84. The minimum Gasteiger partial charge on any atom is -0.481 e. The van der Waals surface area contributed by atoms with Crippen LogP contribution in [0.3, 0.4) is 0 Å². The molecule has 3 rings (SSSR count). The van der Waals surface area contributed by atoms with E-state index in [1.807, 2.05) is 6.07 Å². The second-order valence-corrected chi connectivity index (χ2v) is 6.01. The van der Waals surface area contributed by atoms with Gasteiger partial charge in [0.15, 0.2) is 0 Å². The number of benzene rings is 1. The molecule has 2 aliphatic rings. The zero-order valence-electron chi connectivity index (χ0n) is 13.1. The monoisotopic (exact) mass is 325 g/mol. The topological polar surface area (TPSA) is 93.6 Å². The van der Waals surface area contributed by atoms with Gasteiger partial charge in [-0.3, -0.25) is 14.9 Å². The van der Waals surface area contributed by atoms with Gasteiger partial charge in [-0.1, -0.05) is 30.3 Å². The number of hydrogen-bond donors (Lipinski definition) is 1. The molecular weight excluding hydrogens is 310 g/mol. The summed E-state index contributed by atoms with van der Waals surface area (Å²) in [4.78, 5) is 23.0. The minimum atomic E-state index is -1.47. The lowest BCUT2D eigenvalue weighted by Crippen LogP contribution is -2.29. The molecule has 0 amide bonds. The average molecular weight is 325 g/mol. The molecule has 6 nitrogen and oxygen atoms in total. The Hall–Kier alpha value is -3.15. The van der Waals surface area contributed by atoms with Gasteiger partial charge in [0.2, 0.25) is 0 Å². The van der Waals surface area contributed by atoms with Gasteiger partial charge in [0.05, 0.1) is 27.7 Å². The number of hydrogen-bond acceptors (Lipinski definition) is 4. The zero-order chi connectivity index (χ0) is 17.5. The van der Waals surface area contributed by atoms with Crippen molar-refractivity contribution in [3.8, 4) is 22.5 Å². The average Bonchev–Trinajstić information content (AvgIpc) is 2.91. The molecule has 0 aromatic heterocycles. The maximum Gasteiger partial charge on any atom is 0.313 e. The Morgan fingerprint density at radius 2 is 1.83 bits per heavy atom. The van der Waals surface area contributed by atoms with E-state index in [1.54, 1.807) is 36.4 Å². The third-order valence-corrected chi connectivity index (χ3v) is 4.15. The number of carboxylic acids is 1. The second kappa shape index (κ2) is 5.49. The van der Waals surface area contributed by atoms with Crippen LogP contribution in [0.25, 0.3) is 22.5 Å². The number of nitrogens with zero attached hydrogens (tertiary/aromatic N) is 1. The lowest BCUT2D eigenvalue weighted by molar-refractivity contribution is -0.384. The summed E-state index contributed by atoms with van der Waals surface area (Å²) >= 11 is 0. The fraction of sp³-hybridized carbons (Fsp3) is 0.167. The molecule has 0 atom stereocenters. The van der Waals surface area contributed by atoms with E-state index in [0.717, 1.165) is 0 Å². The highest BCUT2D eigenvalue weighted by Gasteiger charge is 2.45. The van der Waals surface area contributed by atoms with Gasteiger partial charge in [-0.15, -0.1) is 0 Å². The number of rotatable bonds is 4. The lowest BCUT2D eigenvalue weighted by Gasteiger charge is -2.18. The van der Waals surface area contributed by atoms with E-state index in [2.05, 4.69) is 0 Å². The number of carbonyl (C=O) groups is 1. The first kappa shape index (κ1) is 15.7. The molecule has 1 aliphatic carbocycles. The Morgan fingerprint density at radius 1 is 1.17 bits per heavy atom. The van der Waals surface area contributed by atoms with E-state index in [4.69, 9.17) is 4.42 Å². The zero-order valence-corrected chi connectivity index (χ0v) is 13.1. The SMILES string of the molecule is CC(C)(C(=O)O)c1c2occcc-2c(-c2ccccc2)c1[N+](=O)[O-]. The molecule has 6 heteroatoms. The molecule has 1 N–H and O–H groups in total. The van der Waals surface area contributed by atoms with Crippen LogP contribution in [0.2, 0.25) is 0 Å². The van der Waals surface area contributed by atoms with Gasteiger partial charge in [0, 0.05) is 5.56 Å². The van der Waals surface area contributed by atoms with Crippen LogP contribution >= 0.6 is 0 Å². The van der Waals surface area contributed by atoms with Crippen LogP contribution in [-0.4, -0.2) is 16.0 Å². The van der Waals surface area contributed by atoms with Crippen molar-refractivity contribution in [2.75, 3.05) is 0 Å². The fourth-order valence-electron chi connectivity index (χ4n) is 2.90. The summed E-state index contributed by atoms with van der Waals surface area (Å²) in [5.74, 6) is -0.924. The van der Waals surface area contributed by atoms with Crippen molar-refractivity contribution in [2.45, 2.75) is 19.3 Å². The first-order valence-electron chi connectivity index (χ1n) is 7.32. The number of carboxylic acid groups (broad SMARTS) is 1. The van der Waals surface area contributed by atoms with E-state index >= 15 is 0 Å². The van der Waals surface area contributed by atoms with E-state index in [-0.39, 0.29) is 17.0 Å². The molecule has 0 radical (unpaired) electrons. The van der Waals surface area contributed by atoms with E-state index < -0.39 is 16.3 Å². The summed E-state index contributed by atoms with van der Waals surface area (Å²) in [5, 5.41) is 21.4. The second-order valence-electron chi connectivity index (χ2n) is 6.01. The predicted octanol–water partition coefficient (Wildman–Crippen LogP) is 4.32. The summed E-state index contributed by atoms with van der Waals surface area (Å²) < 4.78 is 5.50. The molecule has 0 saturated heterocycles. The standard InChI is InChI=1S/C18H15NO5/c1-18(2,17(20)21)14-15(19(22)23)13(11-7-4-3-5-8-11)12-9-6-10-24-16(12)14/h3-10H,1-2H3,(H,20,21). The van der Waals surface area contributed by atoms with Crippen molar-refractivity contribution in [3.63, 3.8) is 0 Å². The Morgan fingerprint density at radius 3 is 2.42 bits per heavy atom. The van der Waals surface area contributed by atoms with Gasteiger partial charge >= 0.3 is 5.97 Å². The first-order valence-corrected chi connectivity index (χ1v) is 7.32. The molecule has 0 fully saturated rings. The Kier molecular flexibility index (Phi) is 3.60. The Bertz CT molecular complexity index is 895. The predicted molar refractivity (Wildman–Crippen MR) is 88.1 cm³/mol. The quantitative estimate of drug-likeness (QED) is 0.569. The van der Waals surface area contributed by atoms with E-state index in [0.29, 0.717) is 16.7 Å². The molecule has 0 saturated carbocycles. The summed E-state index contributed by atoms with van der Waals surface area (Å²) in [6.45, 7) is 2.88. The van der Waals surface area contributed by atoms with Gasteiger partial charge in [-0.2, -0.15) is 0 Å². The van der Waals surface area contributed by atoms with Gasteiger partial charge in [0.1, 0.15) is 5.76 Å². The van der Waals surface area contributed by atoms with E-state index in [9.17, 15) is 20.0 Å². The van der Waals surface area contributed by atoms with Gasteiger partial charge in [0.25, 0.3) is 5.69 Å². The van der Waals surface area contributed by atoms with Crippen molar-refractivity contribution in [1.29, 1.82) is 0 Å². The van der Waals surface area contributed by atoms with Crippen molar-refractivity contribution < 1.29 is 19.2 Å². The molecular formula is C18H15NO5. The molecule has 1 aromatic rings. The number of fused-ring (bicyclic) bond motifs is 1. The van der Waals surface area contributed by atoms with Crippen LogP contribution in [0.5, 0.6) is 0 Å². The highest BCUT2D eigenvalue weighted by Crippen LogP contribution is 2.51. The molecule has 1 aliphatic heterocycles. The van der Waals surface area contributed by atoms with Crippen molar-refractivity contribution in [2.24, 2.45) is 0 Å². The first-order chi connectivity index (χ1) is 11.4. The normalized spacial score (nSPS) is 11.6. The summed E-state index contributed by atoms with van der Waals surface area (Å²) in [6.07, 6.45) is 1.39. The number of aliphatic carboxylic acids is 1. The Balaban J connectivity index is 2.48. The maximum atomic E-state index is 11.8. The van der Waals surface area contributed by atoms with Gasteiger partial charge < -0.3 is 9.52 Å². The van der Waals surface area contributed by atoms with Crippen LogP contribution < -0.4 is 0 Å². The molecule has 0 bridgehead atoms. The number of nitro groups is 1. The third-order valence-electron chi connectivity index (χ3n) is 4.15. The molecule has 1 aromatic carbocycles. The largest absolute Gasteiger partial charge is 0.481 e. The van der Waals surface area contributed by atoms with E-state index in [1.165, 1.54) is 20.1 Å². The van der Waals surface area contributed by atoms with Crippen molar-refractivity contribution >= 4 is 11.7 Å². The molecule has 122 valence electrons. The Labute approximate surface area is 137 Å². The van der Waals surface area contributed by atoms with Crippen molar-refractivity contribution in [3.05, 3.63) is 64.4 Å². The van der Waals surface area contributed by atoms with Crippen LogP contribution in [-0.2, 0) is 10.2 Å². The maximum absolute atomic E-state index is 11.8. The van der Waals surface area contributed by atoms with Crippen LogP contribution in [0.1, 0.15) is 19.4 Å². The fourth-order valence-corrected chi connectivity index (χ4v) is 2.90. The summed E-state index contributed by atoms with van der Waals surface area (Å²) in [6, 6.07) is 12.2.